The van der Waals surface area contributed by atoms with Gasteiger partial charge in [-0.05, 0) is 54.3 Å². The second-order valence-corrected chi connectivity index (χ2v) is 8.58. The number of aromatic nitrogens is 2. The second kappa shape index (κ2) is 8.20. The highest BCUT2D eigenvalue weighted by Crippen LogP contribution is 2.20. The van der Waals surface area contributed by atoms with Crippen molar-refractivity contribution in [2.75, 3.05) is 5.32 Å². The summed E-state index contributed by atoms with van der Waals surface area (Å²) in [6.45, 7) is 1.10. The molecule has 4 aromatic rings. The van der Waals surface area contributed by atoms with E-state index in [1.165, 1.54) is 24.3 Å². The summed E-state index contributed by atoms with van der Waals surface area (Å²) >= 11 is 4.24. The first-order chi connectivity index (χ1) is 14.8. The van der Waals surface area contributed by atoms with E-state index in [9.17, 15) is 23.2 Å². The van der Waals surface area contributed by atoms with Crippen molar-refractivity contribution in [3.05, 3.63) is 90.4 Å². The molecular weight excluding hydrogens is 492 g/mol. The number of hydrogen-bond acceptors (Lipinski definition) is 4. The number of carbonyl (C=O) groups is 1. The third-order valence-electron chi connectivity index (χ3n) is 4.68. The lowest BCUT2D eigenvalue weighted by atomic mass is 10.2. The molecule has 0 aliphatic carbocycles. The lowest BCUT2D eigenvalue weighted by Crippen LogP contribution is -2.40. The van der Waals surface area contributed by atoms with Crippen LogP contribution in [0.4, 0.5) is 14.5 Å². The summed E-state index contributed by atoms with van der Waals surface area (Å²) in [6, 6.07) is 9.72. The van der Waals surface area contributed by atoms with Crippen molar-refractivity contribution in [2.45, 2.75) is 13.5 Å². The van der Waals surface area contributed by atoms with Gasteiger partial charge in [-0.3, -0.25) is 14.2 Å². The maximum Gasteiger partial charge on any atom is 0.336 e. The van der Waals surface area contributed by atoms with Crippen LogP contribution in [0, 0.1) is 18.6 Å². The molecule has 0 saturated carbocycles. The molecule has 0 aliphatic heterocycles. The van der Waals surface area contributed by atoms with Crippen LogP contribution in [-0.2, 0) is 11.3 Å². The summed E-state index contributed by atoms with van der Waals surface area (Å²) in [5.41, 5.74) is -0.752. The first-order valence-corrected chi connectivity index (χ1v) is 10.7. The van der Waals surface area contributed by atoms with Gasteiger partial charge in [-0.2, -0.15) is 0 Å². The molecule has 0 fully saturated rings. The van der Waals surface area contributed by atoms with Gasteiger partial charge in [-0.1, -0.05) is 22.0 Å². The molecule has 0 aliphatic rings. The van der Waals surface area contributed by atoms with Crippen LogP contribution < -0.4 is 16.6 Å². The third-order valence-corrected chi connectivity index (χ3v) is 6.06. The number of amides is 1. The molecule has 0 saturated heterocycles. The minimum absolute atomic E-state index is 0.0447. The highest BCUT2D eigenvalue weighted by atomic mass is 79.9. The summed E-state index contributed by atoms with van der Waals surface area (Å²) in [6.07, 6.45) is 0. The quantitative estimate of drug-likeness (QED) is 0.451. The topological polar surface area (TPSA) is 73.1 Å². The normalized spacial score (nSPS) is 11.1. The van der Waals surface area contributed by atoms with Gasteiger partial charge in [0.1, 0.15) is 22.9 Å². The van der Waals surface area contributed by atoms with Gasteiger partial charge >= 0.3 is 5.69 Å². The summed E-state index contributed by atoms with van der Waals surface area (Å²) < 4.78 is 30.8. The van der Waals surface area contributed by atoms with Crippen LogP contribution in [0.15, 0.2) is 61.9 Å². The Morgan fingerprint density at radius 1 is 1.10 bits per heavy atom. The van der Waals surface area contributed by atoms with E-state index >= 15 is 0 Å². The van der Waals surface area contributed by atoms with Gasteiger partial charge in [-0.25, -0.2) is 18.1 Å². The highest BCUT2D eigenvalue weighted by molar-refractivity contribution is 9.10. The molecule has 0 radical (unpaired) electrons. The van der Waals surface area contributed by atoms with Crippen molar-refractivity contribution >= 4 is 49.1 Å². The number of halogens is 3. The minimum atomic E-state index is -0.800. The molecule has 4 rings (SSSR count). The molecular formula is C21H14BrF2N3O3S. The fourth-order valence-corrected chi connectivity index (χ4v) is 4.27. The molecule has 0 bridgehead atoms. The summed E-state index contributed by atoms with van der Waals surface area (Å²) in [7, 11) is 0. The van der Waals surface area contributed by atoms with Crippen LogP contribution >= 0.6 is 27.3 Å². The Morgan fingerprint density at radius 2 is 1.87 bits per heavy atom. The van der Waals surface area contributed by atoms with E-state index < -0.39 is 35.3 Å². The van der Waals surface area contributed by atoms with Crippen LogP contribution in [0.5, 0.6) is 0 Å². The smallest absolute Gasteiger partial charge is 0.322 e. The van der Waals surface area contributed by atoms with Gasteiger partial charge in [0, 0.05) is 4.47 Å². The Hall–Kier alpha value is -3.11. The maximum atomic E-state index is 14.1. The number of carbonyl (C=O) groups excluding carboxylic acids is 1. The Balaban J connectivity index is 1.80. The monoisotopic (exact) mass is 505 g/mol. The zero-order valence-corrected chi connectivity index (χ0v) is 18.4. The fraction of sp³-hybridized carbons (Fsp3) is 0.0952. The van der Waals surface area contributed by atoms with Crippen LogP contribution in [-0.4, -0.2) is 15.0 Å². The zero-order chi connectivity index (χ0) is 22.3. The van der Waals surface area contributed by atoms with Crippen LogP contribution in [0.3, 0.4) is 0 Å². The molecule has 10 heteroatoms. The molecule has 2 aromatic carbocycles. The average Bonchev–Trinajstić information content (AvgIpc) is 3.20. The van der Waals surface area contributed by atoms with Crippen molar-refractivity contribution in [1.29, 1.82) is 0 Å². The number of benzene rings is 2. The minimum Gasteiger partial charge on any atom is -0.322 e. The van der Waals surface area contributed by atoms with Crippen LogP contribution in [0.25, 0.3) is 15.9 Å². The van der Waals surface area contributed by atoms with E-state index in [0.29, 0.717) is 10.0 Å². The predicted molar refractivity (Wildman–Crippen MR) is 119 cm³/mol. The van der Waals surface area contributed by atoms with E-state index in [1.807, 2.05) is 0 Å². The van der Waals surface area contributed by atoms with E-state index in [4.69, 9.17) is 0 Å². The van der Waals surface area contributed by atoms with Gasteiger partial charge in [0.05, 0.1) is 16.9 Å². The molecule has 0 spiro atoms. The average molecular weight is 506 g/mol. The molecule has 1 N–H and O–H groups in total. The molecule has 31 heavy (non-hydrogen) atoms. The summed E-state index contributed by atoms with van der Waals surface area (Å²) in [5, 5.41) is 4.04. The number of rotatable bonds is 4. The molecule has 2 heterocycles. The van der Waals surface area contributed by atoms with Crippen LogP contribution in [0.1, 0.15) is 5.56 Å². The fourth-order valence-electron chi connectivity index (χ4n) is 3.11. The lowest BCUT2D eigenvalue weighted by Gasteiger charge is -2.13. The van der Waals surface area contributed by atoms with E-state index in [-0.39, 0.29) is 21.6 Å². The predicted octanol–water partition coefficient (Wildman–Crippen LogP) is 4.20. The number of aryl methyl sites for hydroxylation is 1. The molecule has 0 atom stereocenters. The van der Waals surface area contributed by atoms with Crippen molar-refractivity contribution in [2.24, 2.45) is 0 Å². The van der Waals surface area contributed by atoms with Crippen molar-refractivity contribution in [3.8, 4) is 5.69 Å². The van der Waals surface area contributed by atoms with E-state index in [1.54, 1.807) is 24.4 Å². The summed E-state index contributed by atoms with van der Waals surface area (Å²) in [5.74, 6) is -1.86. The van der Waals surface area contributed by atoms with Gasteiger partial charge in [0.25, 0.3) is 5.56 Å². The standard InChI is InChI=1S/C21H14BrF2N3O3S/c1-11-2-4-13(9-14(11)23)27-20(29)19-17(6-7-31-19)26(21(27)30)10-18(28)25-16-5-3-12(22)8-15(16)24/h2-9H,10H2,1H3,(H,25,28). The molecule has 2 aromatic heterocycles. The third kappa shape index (κ3) is 3.96. The maximum absolute atomic E-state index is 14.1. The number of thiophene rings is 1. The Morgan fingerprint density at radius 3 is 2.58 bits per heavy atom. The molecule has 1 amide bonds. The Kier molecular flexibility index (Phi) is 5.59. The van der Waals surface area contributed by atoms with Crippen molar-refractivity contribution < 1.29 is 13.6 Å². The molecule has 0 unspecified atom stereocenters. The summed E-state index contributed by atoms with van der Waals surface area (Å²) in [4.78, 5) is 38.6. The van der Waals surface area contributed by atoms with Crippen LogP contribution in [0.2, 0.25) is 0 Å². The van der Waals surface area contributed by atoms with Crippen molar-refractivity contribution in [1.82, 2.24) is 9.13 Å². The number of fused-ring (bicyclic) bond motifs is 1. The number of nitrogens with one attached hydrogen (secondary N) is 1. The SMILES string of the molecule is Cc1ccc(-n2c(=O)c3sccc3n(CC(=O)Nc3ccc(Br)cc3F)c2=O)cc1F. The van der Waals surface area contributed by atoms with E-state index in [0.717, 1.165) is 26.5 Å². The zero-order valence-electron chi connectivity index (χ0n) is 16.0. The Labute approximate surface area is 186 Å². The van der Waals surface area contributed by atoms with E-state index in [2.05, 4.69) is 21.2 Å². The highest BCUT2D eigenvalue weighted by Gasteiger charge is 2.18. The van der Waals surface area contributed by atoms with Gasteiger partial charge in [0.2, 0.25) is 5.91 Å². The van der Waals surface area contributed by atoms with Crippen molar-refractivity contribution in [3.63, 3.8) is 0 Å². The Bertz CT molecular complexity index is 1460. The number of anilines is 1. The second-order valence-electron chi connectivity index (χ2n) is 6.75. The first kappa shape index (κ1) is 21.1. The number of hydrogen-bond donors (Lipinski definition) is 1. The molecule has 158 valence electrons. The molecule has 6 nitrogen and oxygen atoms in total. The lowest BCUT2D eigenvalue weighted by molar-refractivity contribution is -0.116. The van der Waals surface area contributed by atoms with Gasteiger partial charge < -0.3 is 5.32 Å². The van der Waals surface area contributed by atoms with Gasteiger partial charge in [0.15, 0.2) is 0 Å². The van der Waals surface area contributed by atoms with Gasteiger partial charge in [-0.15, -0.1) is 11.3 Å². The number of nitrogens with zero attached hydrogens (tertiary/aromatic N) is 2. The largest absolute Gasteiger partial charge is 0.336 e. The first-order valence-electron chi connectivity index (χ1n) is 9.01.